The van der Waals surface area contributed by atoms with Gasteiger partial charge in [0.2, 0.25) is 11.8 Å². The van der Waals surface area contributed by atoms with Crippen molar-refractivity contribution in [1.29, 1.82) is 0 Å². The van der Waals surface area contributed by atoms with E-state index in [9.17, 15) is 9.59 Å². The Morgan fingerprint density at radius 3 is 2.73 bits per heavy atom. The second kappa shape index (κ2) is 8.71. The van der Waals surface area contributed by atoms with Crippen LogP contribution in [0.3, 0.4) is 0 Å². The van der Waals surface area contributed by atoms with Gasteiger partial charge < -0.3 is 20.3 Å². The van der Waals surface area contributed by atoms with Crippen LogP contribution in [0.2, 0.25) is 0 Å². The molecular weight excluding hydrogens is 400 g/mol. The molecule has 156 valence electrons. The molecule has 1 atom stereocenters. The molecule has 1 aliphatic heterocycles. The number of aromatic nitrogens is 1. The zero-order chi connectivity index (χ0) is 21.1. The second-order valence-corrected chi connectivity index (χ2v) is 8.38. The molecule has 2 aromatic carbocycles. The van der Waals surface area contributed by atoms with Crippen LogP contribution >= 0.6 is 11.3 Å². The number of carbonyl (C=O) groups excluding carboxylic acids is 2. The number of methoxy groups -OCH3 is 1. The normalized spacial score (nSPS) is 16.3. The van der Waals surface area contributed by atoms with Crippen LogP contribution in [-0.2, 0) is 9.59 Å². The average Bonchev–Trinajstić information content (AvgIpc) is 3.17. The second-order valence-electron chi connectivity index (χ2n) is 7.37. The van der Waals surface area contributed by atoms with E-state index in [0.29, 0.717) is 17.9 Å². The molecule has 0 bridgehead atoms. The van der Waals surface area contributed by atoms with E-state index in [1.54, 1.807) is 30.6 Å². The summed E-state index contributed by atoms with van der Waals surface area (Å²) in [6.07, 6.45) is 1.77. The number of nitrogens with zero attached hydrogens (tertiary/aromatic N) is 2. The molecule has 2 amide bonds. The highest BCUT2D eigenvalue weighted by Crippen LogP contribution is 2.33. The van der Waals surface area contributed by atoms with Crippen molar-refractivity contribution < 1.29 is 14.3 Å². The molecule has 4 rings (SSSR count). The number of rotatable bonds is 5. The third kappa shape index (κ3) is 4.54. The van der Waals surface area contributed by atoms with E-state index in [0.717, 1.165) is 40.5 Å². The molecule has 8 heteroatoms. The molecule has 1 aliphatic rings. The van der Waals surface area contributed by atoms with Gasteiger partial charge in [0.15, 0.2) is 5.13 Å². The molecule has 7 nitrogen and oxygen atoms in total. The molecule has 1 saturated heterocycles. The zero-order valence-corrected chi connectivity index (χ0v) is 17.8. The van der Waals surface area contributed by atoms with Gasteiger partial charge in [-0.2, -0.15) is 0 Å². The molecule has 0 aliphatic carbocycles. The van der Waals surface area contributed by atoms with Gasteiger partial charge >= 0.3 is 0 Å². The van der Waals surface area contributed by atoms with E-state index in [4.69, 9.17) is 9.72 Å². The van der Waals surface area contributed by atoms with Crippen LogP contribution in [0.5, 0.6) is 5.75 Å². The number of ether oxygens (including phenoxy) is 1. The van der Waals surface area contributed by atoms with E-state index in [2.05, 4.69) is 15.5 Å². The van der Waals surface area contributed by atoms with Crippen LogP contribution in [-0.4, -0.2) is 37.0 Å². The van der Waals surface area contributed by atoms with Gasteiger partial charge in [0.05, 0.1) is 23.2 Å². The van der Waals surface area contributed by atoms with Crippen molar-refractivity contribution in [3.63, 3.8) is 0 Å². The van der Waals surface area contributed by atoms with Gasteiger partial charge in [0.25, 0.3) is 0 Å². The number of piperidine rings is 1. The van der Waals surface area contributed by atoms with Crippen LogP contribution < -0.4 is 20.3 Å². The maximum atomic E-state index is 12.9. The predicted octanol–water partition coefficient (Wildman–Crippen LogP) is 4.12. The zero-order valence-electron chi connectivity index (χ0n) is 17.0. The van der Waals surface area contributed by atoms with Crippen LogP contribution in [0.1, 0.15) is 19.8 Å². The molecule has 2 heterocycles. The van der Waals surface area contributed by atoms with Gasteiger partial charge in [0.1, 0.15) is 5.75 Å². The fourth-order valence-corrected chi connectivity index (χ4v) is 4.67. The Morgan fingerprint density at radius 2 is 1.97 bits per heavy atom. The molecule has 1 fully saturated rings. The summed E-state index contributed by atoms with van der Waals surface area (Å²) in [7, 11) is 1.66. The summed E-state index contributed by atoms with van der Waals surface area (Å²) in [5.41, 5.74) is 2.28. The van der Waals surface area contributed by atoms with Crippen LogP contribution in [0, 0.1) is 5.92 Å². The molecule has 0 spiro atoms. The minimum absolute atomic E-state index is 0.0116. The Kier molecular flexibility index (Phi) is 5.85. The van der Waals surface area contributed by atoms with Gasteiger partial charge in [-0.3, -0.25) is 9.59 Å². The number of nitrogens with one attached hydrogen (secondary N) is 2. The standard InChI is InChI=1S/C22H24N4O3S/c1-14(27)23-16-6-3-7-17(11-16)24-21(28)15-5-4-10-26(13-15)22-25-19-9-8-18(29-2)12-20(19)30-22/h3,6-9,11-12,15H,4-5,10,13H2,1-2H3,(H,23,27)(H,24,28). The van der Waals surface area contributed by atoms with Gasteiger partial charge in [-0.25, -0.2) is 4.98 Å². The highest BCUT2D eigenvalue weighted by atomic mass is 32.1. The lowest BCUT2D eigenvalue weighted by atomic mass is 9.97. The average molecular weight is 425 g/mol. The van der Waals surface area contributed by atoms with Crippen molar-refractivity contribution in [3.8, 4) is 5.75 Å². The van der Waals surface area contributed by atoms with Gasteiger partial charge in [0, 0.05) is 31.4 Å². The predicted molar refractivity (Wildman–Crippen MR) is 120 cm³/mol. The summed E-state index contributed by atoms with van der Waals surface area (Å²) in [6, 6.07) is 13.1. The molecule has 1 unspecified atom stereocenters. The van der Waals surface area contributed by atoms with E-state index in [-0.39, 0.29) is 17.7 Å². The molecule has 0 saturated carbocycles. The third-order valence-electron chi connectivity index (χ3n) is 5.10. The first-order chi connectivity index (χ1) is 14.5. The number of hydrogen-bond donors (Lipinski definition) is 2. The molecule has 3 aromatic rings. The van der Waals surface area contributed by atoms with Gasteiger partial charge in [-0.1, -0.05) is 17.4 Å². The lowest BCUT2D eigenvalue weighted by molar-refractivity contribution is -0.120. The quantitative estimate of drug-likeness (QED) is 0.644. The Morgan fingerprint density at radius 1 is 1.17 bits per heavy atom. The first-order valence-corrected chi connectivity index (χ1v) is 10.7. The van der Waals surface area contributed by atoms with Crippen molar-refractivity contribution in [2.75, 3.05) is 35.7 Å². The Balaban J connectivity index is 1.44. The number of fused-ring (bicyclic) bond motifs is 1. The topological polar surface area (TPSA) is 83.6 Å². The third-order valence-corrected chi connectivity index (χ3v) is 6.18. The fourth-order valence-electron chi connectivity index (χ4n) is 3.64. The van der Waals surface area contributed by atoms with E-state index in [1.807, 2.05) is 30.3 Å². The summed E-state index contributed by atoms with van der Waals surface area (Å²) in [4.78, 5) is 31.1. The Bertz CT molecular complexity index is 1080. The highest BCUT2D eigenvalue weighted by Gasteiger charge is 2.27. The SMILES string of the molecule is COc1ccc2nc(N3CCCC(C(=O)Nc4cccc(NC(C)=O)c4)C3)sc2c1. The fraction of sp³-hybridized carbons (Fsp3) is 0.318. The number of hydrogen-bond acceptors (Lipinski definition) is 6. The van der Waals surface area contributed by atoms with Crippen molar-refractivity contribution in [2.24, 2.45) is 5.92 Å². The lowest BCUT2D eigenvalue weighted by Gasteiger charge is -2.31. The van der Waals surface area contributed by atoms with Crippen LogP contribution in [0.4, 0.5) is 16.5 Å². The first kappa shape index (κ1) is 20.2. The van der Waals surface area contributed by atoms with Gasteiger partial charge in [-0.15, -0.1) is 0 Å². The lowest BCUT2D eigenvalue weighted by Crippen LogP contribution is -2.40. The highest BCUT2D eigenvalue weighted by molar-refractivity contribution is 7.22. The Labute approximate surface area is 179 Å². The molecule has 1 aromatic heterocycles. The Hall–Kier alpha value is -3.13. The minimum atomic E-state index is -0.144. The smallest absolute Gasteiger partial charge is 0.229 e. The summed E-state index contributed by atoms with van der Waals surface area (Å²) >= 11 is 1.62. The molecular formula is C22H24N4O3S. The van der Waals surface area contributed by atoms with E-state index >= 15 is 0 Å². The molecule has 30 heavy (non-hydrogen) atoms. The number of anilines is 3. The number of carbonyl (C=O) groups is 2. The number of thiazole rings is 1. The van der Waals surface area contributed by atoms with E-state index in [1.165, 1.54) is 6.92 Å². The summed E-state index contributed by atoms with van der Waals surface area (Å²) < 4.78 is 6.38. The van der Waals surface area contributed by atoms with E-state index < -0.39 is 0 Å². The minimum Gasteiger partial charge on any atom is -0.497 e. The maximum Gasteiger partial charge on any atom is 0.229 e. The summed E-state index contributed by atoms with van der Waals surface area (Å²) in [6.45, 7) is 2.98. The molecule has 0 radical (unpaired) electrons. The number of benzene rings is 2. The molecule has 2 N–H and O–H groups in total. The van der Waals surface area contributed by atoms with Crippen molar-refractivity contribution in [3.05, 3.63) is 42.5 Å². The van der Waals surface area contributed by atoms with Crippen molar-refractivity contribution in [2.45, 2.75) is 19.8 Å². The van der Waals surface area contributed by atoms with Crippen molar-refractivity contribution in [1.82, 2.24) is 4.98 Å². The first-order valence-electron chi connectivity index (χ1n) is 9.90. The van der Waals surface area contributed by atoms with Crippen molar-refractivity contribution >= 4 is 49.9 Å². The summed E-state index contributed by atoms with van der Waals surface area (Å²) in [5, 5.41) is 6.66. The van der Waals surface area contributed by atoms with Gasteiger partial charge in [-0.05, 0) is 49.2 Å². The number of amides is 2. The largest absolute Gasteiger partial charge is 0.497 e. The van der Waals surface area contributed by atoms with Crippen LogP contribution in [0.15, 0.2) is 42.5 Å². The maximum absolute atomic E-state index is 12.9. The monoisotopic (exact) mass is 424 g/mol. The summed E-state index contributed by atoms with van der Waals surface area (Å²) in [5.74, 6) is 0.539. The van der Waals surface area contributed by atoms with Crippen LogP contribution in [0.25, 0.3) is 10.2 Å².